The Bertz CT molecular complexity index is 1220. The third kappa shape index (κ3) is 4.55. The molecule has 2 aliphatic rings. The highest BCUT2D eigenvalue weighted by Crippen LogP contribution is 2.33. The number of rotatable bonds is 5. The number of morpholine rings is 1. The lowest BCUT2D eigenvalue weighted by Gasteiger charge is -2.34. The Morgan fingerprint density at radius 3 is 2.53 bits per heavy atom. The van der Waals surface area contributed by atoms with Crippen LogP contribution < -0.4 is 9.80 Å². The minimum Gasteiger partial charge on any atom is -0.378 e. The van der Waals surface area contributed by atoms with Gasteiger partial charge in [-0.15, -0.1) is 11.8 Å². The molecule has 0 unspecified atom stereocenters. The van der Waals surface area contributed by atoms with E-state index in [1.807, 2.05) is 4.90 Å². The Labute approximate surface area is 205 Å². The van der Waals surface area contributed by atoms with E-state index in [1.165, 1.54) is 11.0 Å². The first-order chi connectivity index (χ1) is 16.5. The first kappa shape index (κ1) is 22.9. The van der Waals surface area contributed by atoms with Gasteiger partial charge in [-0.3, -0.25) is 14.9 Å². The predicted octanol–water partition coefficient (Wildman–Crippen LogP) is 3.73. The van der Waals surface area contributed by atoms with Crippen molar-refractivity contribution in [2.24, 2.45) is 0 Å². The van der Waals surface area contributed by atoms with Gasteiger partial charge in [-0.25, -0.2) is 4.98 Å². The number of carbonyl (C=O) groups is 1. The lowest BCUT2D eigenvalue weighted by atomic mass is 10.1. The molecule has 2 saturated heterocycles. The number of carbonyl (C=O) groups excluding carboxylic acids is 1. The molecule has 0 aliphatic carbocycles. The Morgan fingerprint density at radius 1 is 1.06 bits per heavy atom. The molecule has 1 aromatic heterocycles. The largest absolute Gasteiger partial charge is 0.378 e. The van der Waals surface area contributed by atoms with E-state index in [0.29, 0.717) is 63.7 Å². The van der Waals surface area contributed by atoms with E-state index in [1.54, 1.807) is 40.1 Å². The smallest absolute Gasteiger partial charge is 0.293 e. The summed E-state index contributed by atoms with van der Waals surface area (Å²) in [6, 6.07) is 11.1. The van der Waals surface area contributed by atoms with E-state index in [4.69, 9.17) is 9.72 Å². The Hall–Kier alpha value is -2.89. The molecule has 0 atom stereocenters. The summed E-state index contributed by atoms with van der Waals surface area (Å²) in [7, 11) is 0. The highest BCUT2D eigenvalue weighted by molar-refractivity contribution is 7.98. The number of nitro benzene ring substituents is 1. The number of ether oxygens (including phenoxy) is 1. The maximum Gasteiger partial charge on any atom is 0.293 e. The fraction of sp³-hybridized carbons (Fsp3) is 0.391. The van der Waals surface area contributed by atoms with Crippen LogP contribution in [0, 0.1) is 10.1 Å². The van der Waals surface area contributed by atoms with Gasteiger partial charge in [-0.1, -0.05) is 11.3 Å². The zero-order chi connectivity index (χ0) is 23.7. The zero-order valence-electron chi connectivity index (χ0n) is 18.8. The molecule has 0 radical (unpaired) electrons. The number of fused-ring (bicyclic) bond motifs is 1. The van der Waals surface area contributed by atoms with E-state index in [2.05, 4.69) is 29.4 Å². The molecule has 2 fully saturated rings. The monoisotopic (exact) mass is 499 g/mol. The van der Waals surface area contributed by atoms with Crippen LogP contribution in [0.1, 0.15) is 10.4 Å². The molecular formula is C23H25N5O4S2. The van der Waals surface area contributed by atoms with Gasteiger partial charge >= 0.3 is 0 Å². The van der Waals surface area contributed by atoms with Gasteiger partial charge in [0.15, 0.2) is 5.13 Å². The normalized spacial score (nSPS) is 16.8. The van der Waals surface area contributed by atoms with Crippen molar-refractivity contribution >= 4 is 55.7 Å². The first-order valence-corrected chi connectivity index (χ1v) is 13.2. The minimum atomic E-state index is -0.408. The molecule has 3 heterocycles. The number of anilines is 2. The molecule has 11 heteroatoms. The van der Waals surface area contributed by atoms with E-state index < -0.39 is 4.92 Å². The first-order valence-electron chi connectivity index (χ1n) is 11.1. The summed E-state index contributed by atoms with van der Waals surface area (Å²) in [5, 5.41) is 12.7. The second-order valence-electron chi connectivity index (χ2n) is 8.17. The molecule has 2 aromatic carbocycles. The topological polar surface area (TPSA) is 92.1 Å². The number of hydrogen-bond acceptors (Lipinski definition) is 9. The van der Waals surface area contributed by atoms with Crippen LogP contribution in [0.15, 0.2) is 41.3 Å². The van der Waals surface area contributed by atoms with Crippen molar-refractivity contribution in [2.45, 2.75) is 4.90 Å². The summed E-state index contributed by atoms with van der Waals surface area (Å²) in [6.07, 6.45) is 2.06. The van der Waals surface area contributed by atoms with Crippen molar-refractivity contribution in [3.63, 3.8) is 0 Å². The molecular weight excluding hydrogens is 474 g/mol. The number of aromatic nitrogens is 1. The number of amides is 1. The molecule has 178 valence electrons. The third-order valence-corrected chi connectivity index (χ3v) is 8.00. The molecule has 9 nitrogen and oxygen atoms in total. The number of piperazine rings is 1. The van der Waals surface area contributed by atoms with Crippen LogP contribution in [0.25, 0.3) is 10.2 Å². The average Bonchev–Trinajstić information content (AvgIpc) is 3.32. The molecule has 5 rings (SSSR count). The average molecular weight is 500 g/mol. The predicted molar refractivity (Wildman–Crippen MR) is 136 cm³/mol. The van der Waals surface area contributed by atoms with Gasteiger partial charge < -0.3 is 19.4 Å². The van der Waals surface area contributed by atoms with Gasteiger partial charge in [-0.05, 0) is 36.6 Å². The molecule has 0 bridgehead atoms. The van der Waals surface area contributed by atoms with Crippen LogP contribution in [-0.4, -0.2) is 79.5 Å². The molecule has 34 heavy (non-hydrogen) atoms. The Morgan fingerprint density at radius 2 is 1.82 bits per heavy atom. The molecule has 0 spiro atoms. The van der Waals surface area contributed by atoms with E-state index in [0.717, 1.165) is 15.3 Å². The maximum absolute atomic E-state index is 13.2. The van der Waals surface area contributed by atoms with Crippen molar-refractivity contribution < 1.29 is 14.5 Å². The van der Waals surface area contributed by atoms with Gasteiger partial charge in [0.05, 0.1) is 28.4 Å². The number of thioether (sulfide) groups is 1. The van der Waals surface area contributed by atoms with Gasteiger partial charge in [0.25, 0.3) is 11.6 Å². The lowest BCUT2D eigenvalue weighted by molar-refractivity contribution is -0.384. The van der Waals surface area contributed by atoms with Crippen LogP contribution in [-0.2, 0) is 4.74 Å². The van der Waals surface area contributed by atoms with Crippen LogP contribution in [0.3, 0.4) is 0 Å². The number of thiazole rings is 1. The molecule has 2 aliphatic heterocycles. The van der Waals surface area contributed by atoms with Gasteiger partial charge in [0, 0.05) is 55.8 Å². The summed E-state index contributed by atoms with van der Waals surface area (Å²) < 4.78 is 6.51. The SMILES string of the molecule is CSc1ccc2nc(N3CCN(C(=O)c4ccc(N5CCOCC5)c([N+](=O)[O-])c4)CC3)sc2c1. The highest BCUT2D eigenvalue weighted by atomic mass is 32.2. The van der Waals surface area contributed by atoms with Crippen molar-refractivity contribution in [3.05, 3.63) is 52.1 Å². The van der Waals surface area contributed by atoms with Crippen LogP contribution in [0.5, 0.6) is 0 Å². The number of nitro groups is 1. The molecule has 3 aromatic rings. The number of benzene rings is 2. The van der Waals surface area contributed by atoms with E-state index in [-0.39, 0.29) is 11.6 Å². The van der Waals surface area contributed by atoms with Crippen LogP contribution in [0.2, 0.25) is 0 Å². The zero-order valence-corrected chi connectivity index (χ0v) is 20.4. The van der Waals surface area contributed by atoms with Crippen molar-refractivity contribution in [2.75, 3.05) is 68.5 Å². The molecule has 1 amide bonds. The highest BCUT2D eigenvalue weighted by Gasteiger charge is 2.27. The van der Waals surface area contributed by atoms with E-state index >= 15 is 0 Å². The second kappa shape index (κ2) is 9.77. The van der Waals surface area contributed by atoms with Crippen LogP contribution >= 0.6 is 23.1 Å². The van der Waals surface area contributed by atoms with Gasteiger partial charge in [-0.2, -0.15) is 0 Å². The van der Waals surface area contributed by atoms with Crippen molar-refractivity contribution in [1.29, 1.82) is 0 Å². The Kier molecular flexibility index (Phi) is 6.57. The lowest BCUT2D eigenvalue weighted by Crippen LogP contribution is -2.48. The standard InChI is InChI=1S/C23H25N5O4S2/c1-33-17-3-4-18-21(15-17)34-23(24-18)27-8-6-26(7-9-27)22(29)16-2-5-19(20(14-16)28(30)31)25-10-12-32-13-11-25/h2-5,14-15H,6-13H2,1H3. The van der Waals surface area contributed by atoms with Crippen molar-refractivity contribution in [1.82, 2.24) is 9.88 Å². The summed E-state index contributed by atoms with van der Waals surface area (Å²) in [6.45, 7) is 4.71. The fourth-order valence-electron chi connectivity index (χ4n) is 4.31. The summed E-state index contributed by atoms with van der Waals surface area (Å²) >= 11 is 3.38. The second-order valence-corrected chi connectivity index (χ2v) is 10.1. The number of nitrogens with zero attached hydrogens (tertiary/aromatic N) is 5. The summed E-state index contributed by atoms with van der Waals surface area (Å²) in [4.78, 5) is 36.4. The fourth-order valence-corrected chi connectivity index (χ4v) is 5.88. The maximum atomic E-state index is 13.2. The van der Waals surface area contributed by atoms with Crippen LogP contribution in [0.4, 0.5) is 16.5 Å². The Balaban J connectivity index is 1.28. The summed E-state index contributed by atoms with van der Waals surface area (Å²) in [5.41, 5.74) is 1.84. The molecule has 0 saturated carbocycles. The van der Waals surface area contributed by atoms with Gasteiger partial charge in [0.2, 0.25) is 0 Å². The minimum absolute atomic E-state index is 0.0366. The van der Waals surface area contributed by atoms with Gasteiger partial charge in [0.1, 0.15) is 5.69 Å². The molecule has 0 N–H and O–H groups in total. The number of hydrogen-bond donors (Lipinski definition) is 0. The van der Waals surface area contributed by atoms with E-state index in [9.17, 15) is 14.9 Å². The van der Waals surface area contributed by atoms with Crippen molar-refractivity contribution in [3.8, 4) is 0 Å². The summed E-state index contributed by atoms with van der Waals surface area (Å²) in [5.74, 6) is -0.176. The quantitative estimate of drug-likeness (QED) is 0.298. The third-order valence-electron chi connectivity index (χ3n) is 6.19.